The van der Waals surface area contributed by atoms with Crippen LogP contribution in [-0.4, -0.2) is 42.1 Å². The Hall–Kier alpha value is -1.62. The highest BCUT2D eigenvalue weighted by atomic mass is 19.1. The van der Waals surface area contributed by atoms with E-state index in [0.717, 1.165) is 25.9 Å². The van der Waals surface area contributed by atoms with Crippen molar-refractivity contribution in [2.75, 3.05) is 13.1 Å². The van der Waals surface area contributed by atoms with Crippen molar-refractivity contribution in [1.29, 1.82) is 0 Å². The number of amides is 1. The highest BCUT2D eigenvalue weighted by Crippen LogP contribution is 2.15. The van der Waals surface area contributed by atoms with E-state index in [0.29, 0.717) is 11.8 Å². The number of hydrogen-bond acceptors (Lipinski definition) is 3. The normalized spacial score (nSPS) is 18.2. The van der Waals surface area contributed by atoms with E-state index in [1.807, 2.05) is 0 Å². The zero-order valence-corrected chi connectivity index (χ0v) is 13.5. The van der Waals surface area contributed by atoms with Crippen molar-refractivity contribution in [3.05, 3.63) is 30.1 Å². The Balaban J connectivity index is 1.78. The van der Waals surface area contributed by atoms with Crippen LogP contribution in [0.2, 0.25) is 0 Å². The van der Waals surface area contributed by atoms with Crippen molar-refractivity contribution in [2.45, 2.75) is 51.8 Å². The molecule has 0 spiro atoms. The lowest BCUT2D eigenvalue weighted by atomic mass is 10.0. The number of nitrogens with zero attached hydrogens (tertiary/aromatic N) is 1. The topological polar surface area (TPSA) is 41.6 Å². The Morgan fingerprint density at radius 1 is 1.23 bits per heavy atom. The van der Waals surface area contributed by atoms with Crippen LogP contribution in [0, 0.1) is 5.82 Å². The molecule has 1 aromatic rings. The number of halogens is 1. The highest BCUT2D eigenvalue weighted by molar-refractivity contribution is 5.81. The SMILES string of the molecule is CC(Oc1ccc(F)cc1)C(=O)NC1CCN(C(C)C)CC1. The molecule has 0 aromatic heterocycles. The molecule has 0 radical (unpaired) electrons. The Kier molecular flexibility index (Phi) is 5.77. The summed E-state index contributed by atoms with van der Waals surface area (Å²) >= 11 is 0. The number of piperidine rings is 1. The Morgan fingerprint density at radius 2 is 1.82 bits per heavy atom. The Labute approximate surface area is 131 Å². The van der Waals surface area contributed by atoms with Crippen LogP contribution in [0.3, 0.4) is 0 Å². The van der Waals surface area contributed by atoms with Crippen LogP contribution in [0.5, 0.6) is 5.75 Å². The van der Waals surface area contributed by atoms with Gasteiger partial charge in [0.15, 0.2) is 6.10 Å². The van der Waals surface area contributed by atoms with Gasteiger partial charge in [0.05, 0.1) is 0 Å². The van der Waals surface area contributed by atoms with E-state index in [1.54, 1.807) is 6.92 Å². The fraction of sp³-hybridized carbons (Fsp3) is 0.588. The molecule has 1 saturated heterocycles. The maximum atomic E-state index is 12.8. The van der Waals surface area contributed by atoms with Gasteiger partial charge >= 0.3 is 0 Å². The smallest absolute Gasteiger partial charge is 0.260 e. The third-order valence-corrected chi connectivity index (χ3v) is 4.10. The molecule has 5 heteroatoms. The average molecular weight is 308 g/mol. The molecule has 122 valence electrons. The predicted octanol–water partition coefficient (Wildman–Crippen LogP) is 2.58. The number of hydrogen-bond donors (Lipinski definition) is 1. The lowest BCUT2D eigenvalue weighted by molar-refractivity contribution is -0.128. The van der Waals surface area contributed by atoms with Gasteiger partial charge < -0.3 is 15.0 Å². The summed E-state index contributed by atoms with van der Waals surface area (Å²) in [6, 6.07) is 6.46. The molecule has 1 atom stereocenters. The van der Waals surface area contributed by atoms with Crippen LogP contribution in [0.1, 0.15) is 33.6 Å². The molecule has 22 heavy (non-hydrogen) atoms. The average Bonchev–Trinajstić information content (AvgIpc) is 2.50. The third kappa shape index (κ3) is 4.70. The molecular formula is C17H25FN2O2. The number of nitrogens with one attached hydrogen (secondary N) is 1. The first-order valence-corrected chi connectivity index (χ1v) is 7.92. The summed E-state index contributed by atoms with van der Waals surface area (Å²) in [6.45, 7) is 8.11. The molecule has 2 rings (SSSR count). The van der Waals surface area contributed by atoms with Gasteiger partial charge in [-0.25, -0.2) is 4.39 Å². The van der Waals surface area contributed by atoms with Crippen molar-refractivity contribution in [2.24, 2.45) is 0 Å². The van der Waals surface area contributed by atoms with Gasteiger partial charge in [0.2, 0.25) is 0 Å². The number of ether oxygens (including phenoxy) is 1. The maximum Gasteiger partial charge on any atom is 0.260 e. The van der Waals surface area contributed by atoms with Gasteiger partial charge in [-0.15, -0.1) is 0 Å². The molecular weight excluding hydrogens is 283 g/mol. The molecule has 1 unspecified atom stereocenters. The minimum absolute atomic E-state index is 0.118. The summed E-state index contributed by atoms with van der Waals surface area (Å²) in [4.78, 5) is 14.6. The summed E-state index contributed by atoms with van der Waals surface area (Å²) in [5, 5.41) is 3.05. The standard InChI is InChI=1S/C17H25FN2O2/c1-12(2)20-10-8-15(9-11-20)19-17(21)13(3)22-16-6-4-14(18)5-7-16/h4-7,12-13,15H,8-11H2,1-3H3,(H,19,21). The number of carbonyl (C=O) groups is 1. The molecule has 1 aliphatic heterocycles. The fourth-order valence-corrected chi connectivity index (χ4v) is 2.65. The number of benzene rings is 1. The summed E-state index contributed by atoms with van der Waals surface area (Å²) < 4.78 is 18.4. The van der Waals surface area contributed by atoms with Gasteiger partial charge in [0, 0.05) is 25.2 Å². The zero-order valence-electron chi connectivity index (χ0n) is 13.5. The summed E-state index contributed by atoms with van der Waals surface area (Å²) in [7, 11) is 0. The van der Waals surface area contributed by atoms with Crippen molar-refractivity contribution < 1.29 is 13.9 Å². The summed E-state index contributed by atoms with van der Waals surface area (Å²) in [6.07, 6.45) is 1.34. The molecule has 4 nitrogen and oxygen atoms in total. The van der Waals surface area contributed by atoms with E-state index in [1.165, 1.54) is 24.3 Å². The van der Waals surface area contributed by atoms with Crippen molar-refractivity contribution >= 4 is 5.91 Å². The molecule has 1 N–H and O–H groups in total. The second kappa shape index (κ2) is 7.58. The molecule has 1 aliphatic rings. The molecule has 1 aromatic carbocycles. The van der Waals surface area contributed by atoms with E-state index < -0.39 is 6.10 Å². The minimum atomic E-state index is -0.589. The van der Waals surface area contributed by atoms with E-state index >= 15 is 0 Å². The van der Waals surface area contributed by atoms with Gasteiger partial charge in [0.25, 0.3) is 5.91 Å². The lowest BCUT2D eigenvalue weighted by Crippen LogP contribution is -2.49. The van der Waals surface area contributed by atoms with E-state index in [2.05, 4.69) is 24.1 Å². The number of likely N-dealkylation sites (tertiary alicyclic amines) is 1. The third-order valence-electron chi connectivity index (χ3n) is 4.10. The highest BCUT2D eigenvalue weighted by Gasteiger charge is 2.24. The van der Waals surface area contributed by atoms with Crippen LogP contribution in [0.15, 0.2) is 24.3 Å². The Morgan fingerprint density at radius 3 is 2.36 bits per heavy atom. The first kappa shape index (κ1) is 16.7. The molecule has 0 aliphatic carbocycles. The molecule has 0 saturated carbocycles. The van der Waals surface area contributed by atoms with Crippen molar-refractivity contribution in [1.82, 2.24) is 10.2 Å². The summed E-state index contributed by atoms with van der Waals surface area (Å²) in [5.41, 5.74) is 0. The number of carbonyl (C=O) groups excluding carboxylic acids is 1. The van der Waals surface area contributed by atoms with Crippen LogP contribution >= 0.6 is 0 Å². The molecule has 1 amide bonds. The minimum Gasteiger partial charge on any atom is -0.481 e. The molecule has 1 fully saturated rings. The van der Waals surface area contributed by atoms with E-state index in [9.17, 15) is 9.18 Å². The Bertz CT molecular complexity index is 482. The van der Waals surface area contributed by atoms with Gasteiger partial charge in [-0.2, -0.15) is 0 Å². The summed E-state index contributed by atoms with van der Waals surface area (Å²) in [5.74, 6) is 0.0624. The fourth-order valence-electron chi connectivity index (χ4n) is 2.65. The van der Waals surface area contributed by atoms with Crippen LogP contribution in [0.4, 0.5) is 4.39 Å². The van der Waals surface area contributed by atoms with Crippen LogP contribution in [-0.2, 0) is 4.79 Å². The second-order valence-electron chi connectivity index (χ2n) is 6.13. The van der Waals surface area contributed by atoms with E-state index in [4.69, 9.17) is 4.74 Å². The second-order valence-corrected chi connectivity index (χ2v) is 6.13. The largest absolute Gasteiger partial charge is 0.481 e. The quantitative estimate of drug-likeness (QED) is 0.909. The van der Waals surface area contributed by atoms with Gasteiger partial charge in [-0.3, -0.25) is 4.79 Å². The maximum absolute atomic E-state index is 12.8. The van der Waals surface area contributed by atoms with Crippen molar-refractivity contribution in [3.63, 3.8) is 0 Å². The van der Waals surface area contributed by atoms with Gasteiger partial charge in [-0.05, 0) is 57.9 Å². The van der Waals surface area contributed by atoms with Gasteiger partial charge in [0.1, 0.15) is 11.6 Å². The first-order chi connectivity index (χ1) is 10.5. The van der Waals surface area contributed by atoms with Crippen LogP contribution < -0.4 is 10.1 Å². The first-order valence-electron chi connectivity index (χ1n) is 7.92. The molecule has 1 heterocycles. The zero-order chi connectivity index (χ0) is 16.1. The predicted molar refractivity (Wildman–Crippen MR) is 84.4 cm³/mol. The lowest BCUT2D eigenvalue weighted by Gasteiger charge is -2.35. The van der Waals surface area contributed by atoms with Crippen LogP contribution in [0.25, 0.3) is 0 Å². The molecule has 0 bridgehead atoms. The number of rotatable bonds is 5. The van der Waals surface area contributed by atoms with E-state index in [-0.39, 0.29) is 17.8 Å². The van der Waals surface area contributed by atoms with Gasteiger partial charge in [-0.1, -0.05) is 0 Å². The monoisotopic (exact) mass is 308 g/mol. The van der Waals surface area contributed by atoms with Crippen molar-refractivity contribution in [3.8, 4) is 5.75 Å².